The molecule has 2 heterocycles. The summed E-state index contributed by atoms with van der Waals surface area (Å²) in [5.41, 5.74) is 1.84. The van der Waals surface area contributed by atoms with Crippen LogP contribution in [0.4, 0.5) is 5.69 Å². The van der Waals surface area contributed by atoms with Crippen LogP contribution >= 0.6 is 0 Å². The van der Waals surface area contributed by atoms with Crippen molar-refractivity contribution in [1.82, 2.24) is 15.4 Å². The monoisotopic (exact) mass is 414 g/mol. The van der Waals surface area contributed by atoms with Gasteiger partial charge in [-0.15, -0.1) is 0 Å². The molecule has 2 aliphatic rings. The highest BCUT2D eigenvalue weighted by Crippen LogP contribution is 2.21. The second-order valence-electron chi connectivity index (χ2n) is 6.75. The summed E-state index contributed by atoms with van der Waals surface area (Å²) >= 11 is 0. The SMILES string of the molecule is O=C1CN(c2ccc(CNS(=O)(=O)c3ccc4c(c3)C(=O)NC4=O)cc2)CCN1. The van der Waals surface area contributed by atoms with Crippen LogP contribution in [-0.4, -0.2) is 45.8 Å². The predicted octanol–water partition coefficient (Wildman–Crippen LogP) is -0.0151. The lowest BCUT2D eigenvalue weighted by molar-refractivity contribution is -0.120. The van der Waals surface area contributed by atoms with Gasteiger partial charge in [0.15, 0.2) is 0 Å². The molecule has 0 bridgehead atoms. The van der Waals surface area contributed by atoms with Gasteiger partial charge in [0.1, 0.15) is 0 Å². The van der Waals surface area contributed by atoms with Gasteiger partial charge in [0.25, 0.3) is 11.8 Å². The number of sulfonamides is 1. The van der Waals surface area contributed by atoms with Crippen molar-refractivity contribution in [1.29, 1.82) is 0 Å². The van der Waals surface area contributed by atoms with Crippen molar-refractivity contribution in [2.24, 2.45) is 0 Å². The number of anilines is 1. The molecule has 3 amide bonds. The maximum atomic E-state index is 12.6. The van der Waals surface area contributed by atoms with E-state index in [9.17, 15) is 22.8 Å². The Hall–Kier alpha value is -3.24. The number of carbonyl (C=O) groups excluding carboxylic acids is 3. The molecular formula is C19H18N4O5S. The van der Waals surface area contributed by atoms with Gasteiger partial charge in [-0.2, -0.15) is 0 Å². The Bertz CT molecular complexity index is 1110. The van der Waals surface area contributed by atoms with Crippen molar-refractivity contribution in [3.05, 3.63) is 59.2 Å². The third kappa shape index (κ3) is 3.84. The molecule has 0 aliphatic carbocycles. The molecule has 3 N–H and O–H groups in total. The van der Waals surface area contributed by atoms with Crippen molar-refractivity contribution in [2.45, 2.75) is 11.4 Å². The number of piperazine rings is 1. The first-order valence-corrected chi connectivity index (χ1v) is 10.4. The topological polar surface area (TPSA) is 125 Å². The Morgan fingerprint density at radius 2 is 1.69 bits per heavy atom. The Kier molecular flexibility index (Phi) is 4.81. The van der Waals surface area contributed by atoms with Gasteiger partial charge in [0, 0.05) is 25.3 Å². The summed E-state index contributed by atoms with van der Waals surface area (Å²) in [6.45, 7) is 1.66. The molecule has 0 atom stereocenters. The number of hydrogen-bond acceptors (Lipinski definition) is 6. The van der Waals surface area contributed by atoms with E-state index in [1.165, 1.54) is 18.2 Å². The number of carbonyl (C=O) groups is 3. The van der Waals surface area contributed by atoms with Gasteiger partial charge in [0.05, 0.1) is 22.6 Å². The summed E-state index contributed by atoms with van der Waals surface area (Å²) in [5, 5.41) is 4.90. The van der Waals surface area contributed by atoms with Gasteiger partial charge >= 0.3 is 0 Å². The highest BCUT2D eigenvalue weighted by molar-refractivity contribution is 7.89. The van der Waals surface area contributed by atoms with Crippen molar-refractivity contribution >= 4 is 33.4 Å². The number of amides is 3. The zero-order valence-corrected chi connectivity index (χ0v) is 16.1. The minimum absolute atomic E-state index is 0.0298. The van der Waals surface area contributed by atoms with E-state index in [0.717, 1.165) is 11.3 Å². The molecule has 2 aromatic carbocycles. The quantitative estimate of drug-likeness (QED) is 0.591. The minimum atomic E-state index is -3.86. The van der Waals surface area contributed by atoms with E-state index in [-0.39, 0.29) is 28.5 Å². The number of benzene rings is 2. The number of hydrogen-bond donors (Lipinski definition) is 3. The predicted molar refractivity (Wildman–Crippen MR) is 104 cm³/mol. The van der Waals surface area contributed by atoms with E-state index >= 15 is 0 Å². The molecule has 0 unspecified atom stereocenters. The molecule has 4 rings (SSSR count). The summed E-state index contributed by atoms with van der Waals surface area (Å²) in [6, 6.07) is 11.1. The highest BCUT2D eigenvalue weighted by atomic mass is 32.2. The van der Waals surface area contributed by atoms with E-state index in [2.05, 4.69) is 15.4 Å². The van der Waals surface area contributed by atoms with Crippen LogP contribution in [0.1, 0.15) is 26.3 Å². The molecule has 1 fully saturated rings. The van der Waals surface area contributed by atoms with E-state index < -0.39 is 21.8 Å². The van der Waals surface area contributed by atoms with Crippen LogP contribution in [0.2, 0.25) is 0 Å². The van der Waals surface area contributed by atoms with Gasteiger partial charge in [-0.1, -0.05) is 12.1 Å². The fourth-order valence-corrected chi connectivity index (χ4v) is 4.30. The zero-order chi connectivity index (χ0) is 20.6. The van der Waals surface area contributed by atoms with E-state index in [1.807, 2.05) is 17.0 Å². The van der Waals surface area contributed by atoms with Gasteiger partial charge in [0.2, 0.25) is 15.9 Å². The second-order valence-corrected chi connectivity index (χ2v) is 8.52. The molecule has 9 nitrogen and oxygen atoms in total. The molecule has 2 aromatic rings. The lowest BCUT2D eigenvalue weighted by Crippen LogP contribution is -2.47. The lowest BCUT2D eigenvalue weighted by Gasteiger charge is -2.28. The van der Waals surface area contributed by atoms with Crippen LogP contribution in [0.3, 0.4) is 0 Å². The smallest absolute Gasteiger partial charge is 0.258 e. The fraction of sp³-hybridized carbons (Fsp3) is 0.211. The molecule has 0 spiro atoms. The maximum absolute atomic E-state index is 12.6. The molecule has 2 aliphatic heterocycles. The first-order valence-electron chi connectivity index (χ1n) is 8.93. The molecule has 0 radical (unpaired) electrons. The third-order valence-corrected chi connectivity index (χ3v) is 6.22. The Morgan fingerprint density at radius 3 is 2.41 bits per heavy atom. The first kappa shape index (κ1) is 19.1. The Balaban J connectivity index is 1.44. The summed E-state index contributed by atoms with van der Waals surface area (Å²) in [7, 11) is -3.86. The van der Waals surface area contributed by atoms with Crippen molar-refractivity contribution in [3.63, 3.8) is 0 Å². The van der Waals surface area contributed by atoms with Gasteiger partial charge in [-0.05, 0) is 35.9 Å². The van der Waals surface area contributed by atoms with Crippen molar-refractivity contribution < 1.29 is 22.8 Å². The number of nitrogens with zero attached hydrogens (tertiary/aromatic N) is 1. The van der Waals surface area contributed by atoms with Crippen LogP contribution < -0.4 is 20.3 Å². The number of rotatable bonds is 5. The summed E-state index contributed by atoms with van der Waals surface area (Å²) in [5.74, 6) is -1.17. The van der Waals surface area contributed by atoms with Gasteiger partial charge in [-0.25, -0.2) is 13.1 Å². The summed E-state index contributed by atoms with van der Waals surface area (Å²) in [6.07, 6.45) is 0. The van der Waals surface area contributed by atoms with Crippen molar-refractivity contribution in [3.8, 4) is 0 Å². The van der Waals surface area contributed by atoms with Crippen LogP contribution in [0.15, 0.2) is 47.4 Å². The summed E-state index contributed by atoms with van der Waals surface area (Å²) < 4.78 is 27.6. The van der Waals surface area contributed by atoms with E-state index in [0.29, 0.717) is 19.6 Å². The minimum Gasteiger partial charge on any atom is -0.360 e. The first-order chi connectivity index (χ1) is 13.8. The molecule has 0 aromatic heterocycles. The van der Waals surface area contributed by atoms with Crippen LogP contribution in [0.25, 0.3) is 0 Å². The standard InChI is InChI=1S/C19H18N4O5S/c24-17-11-23(8-7-20-17)13-3-1-12(2-4-13)10-21-29(27,28)14-5-6-15-16(9-14)19(26)22-18(15)25/h1-6,9,21H,7-8,10-11H2,(H,20,24)(H,22,25,26). The molecule has 150 valence electrons. The third-order valence-electron chi connectivity index (χ3n) is 4.82. The van der Waals surface area contributed by atoms with Crippen molar-refractivity contribution in [2.75, 3.05) is 24.5 Å². The second kappa shape index (κ2) is 7.30. The highest BCUT2D eigenvalue weighted by Gasteiger charge is 2.28. The van der Waals surface area contributed by atoms with E-state index in [4.69, 9.17) is 0 Å². The maximum Gasteiger partial charge on any atom is 0.258 e. The number of nitrogens with one attached hydrogen (secondary N) is 3. The van der Waals surface area contributed by atoms with Crippen LogP contribution in [-0.2, 0) is 21.4 Å². The number of fused-ring (bicyclic) bond motifs is 1. The Morgan fingerprint density at radius 1 is 0.966 bits per heavy atom. The fourth-order valence-electron chi connectivity index (χ4n) is 3.26. The zero-order valence-electron chi connectivity index (χ0n) is 15.3. The largest absolute Gasteiger partial charge is 0.360 e. The summed E-state index contributed by atoms with van der Waals surface area (Å²) in [4.78, 5) is 36.7. The molecule has 10 heteroatoms. The molecule has 29 heavy (non-hydrogen) atoms. The Labute approximate surface area is 167 Å². The van der Waals surface area contributed by atoms with E-state index in [1.54, 1.807) is 12.1 Å². The molecule has 0 saturated carbocycles. The average molecular weight is 414 g/mol. The molecular weight excluding hydrogens is 396 g/mol. The van der Waals surface area contributed by atoms with Crippen LogP contribution in [0, 0.1) is 0 Å². The number of imide groups is 1. The lowest BCUT2D eigenvalue weighted by atomic mass is 10.1. The van der Waals surface area contributed by atoms with Crippen LogP contribution in [0.5, 0.6) is 0 Å². The normalized spacial score (nSPS) is 16.4. The molecule has 1 saturated heterocycles. The van der Waals surface area contributed by atoms with Gasteiger partial charge < -0.3 is 10.2 Å². The van der Waals surface area contributed by atoms with Gasteiger partial charge in [-0.3, -0.25) is 19.7 Å². The average Bonchev–Trinajstić information content (AvgIpc) is 3.00.